The number of hydrogen-bond donors (Lipinski definition) is 1. The third-order valence-corrected chi connectivity index (χ3v) is 7.39. The molecule has 178 valence electrons. The van der Waals surface area contributed by atoms with Crippen LogP contribution in [-0.4, -0.2) is 52.8 Å². The lowest BCUT2D eigenvalue weighted by molar-refractivity contribution is -0.134. The van der Waals surface area contributed by atoms with Crippen LogP contribution < -0.4 is 0 Å². The minimum absolute atomic E-state index is 0.00471. The predicted molar refractivity (Wildman–Crippen MR) is 126 cm³/mol. The van der Waals surface area contributed by atoms with Crippen LogP contribution in [0.3, 0.4) is 0 Å². The van der Waals surface area contributed by atoms with Crippen LogP contribution in [0.5, 0.6) is 0 Å². The molecule has 0 spiro atoms. The summed E-state index contributed by atoms with van der Waals surface area (Å²) in [5, 5.41) is 1.00. The van der Waals surface area contributed by atoms with Gasteiger partial charge in [0.1, 0.15) is 11.6 Å². The van der Waals surface area contributed by atoms with Crippen molar-refractivity contribution in [3.05, 3.63) is 71.4 Å². The summed E-state index contributed by atoms with van der Waals surface area (Å²) in [6, 6.07) is 11.1. The van der Waals surface area contributed by atoms with E-state index >= 15 is 0 Å². The molecule has 0 radical (unpaired) electrons. The summed E-state index contributed by atoms with van der Waals surface area (Å²) in [6.07, 6.45) is 5.46. The van der Waals surface area contributed by atoms with E-state index in [2.05, 4.69) is 4.98 Å². The first kappa shape index (κ1) is 22.6. The van der Waals surface area contributed by atoms with Crippen LogP contribution in [0.2, 0.25) is 0 Å². The second-order valence-electron chi connectivity index (χ2n) is 9.64. The Bertz CT molecular complexity index is 1210. The summed E-state index contributed by atoms with van der Waals surface area (Å²) in [6.45, 7) is 1.17. The van der Waals surface area contributed by atoms with Gasteiger partial charge in [-0.2, -0.15) is 0 Å². The fourth-order valence-electron chi connectivity index (χ4n) is 5.17. The number of benzene rings is 2. The van der Waals surface area contributed by atoms with E-state index in [9.17, 15) is 18.4 Å². The second kappa shape index (κ2) is 9.20. The molecule has 2 aliphatic rings. The number of nitrogens with one attached hydrogen (secondary N) is 1. The Balaban J connectivity index is 1.30. The Hall–Kier alpha value is -3.22. The largest absolute Gasteiger partial charge is 0.361 e. The van der Waals surface area contributed by atoms with Crippen LogP contribution >= 0.6 is 0 Å². The van der Waals surface area contributed by atoms with E-state index in [0.717, 1.165) is 42.7 Å². The number of aromatic nitrogens is 1. The van der Waals surface area contributed by atoms with Crippen molar-refractivity contribution in [2.24, 2.45) is 11.8 Å². The molecule has 0 bridgehead atoms. The normalized spacial score (nSPS) is 17.7. The van der Waals surface area contributed by atoms with E-state index in [4.69, 9.17) is 0 Å². The van der Waals surface area contributed by atoms with Crippen molar-refractivity contribution in [2.45, 2.75) is 38.1 Å². The molecule has 1 N–H and O–H groups in total. The number of nitrogens with zero attached hydrogens (tertiary/aromatic N) is 2. The molecular weight excluding hydrogens is 436 g/mol. The average Bonchev–Trinajstić information content (AvgIpc) is 3.59. The Morgan fingerprint density at radius 3 is 2.53 bits per heavy atom. The highest BCUT2D eigenvalue weighted by atomic mass is 19.1. The molecule has 1 unspecified atom stereocenters. The van der Waals surface area contributed by atoms with Gasteiger partial charge < -0.3 is 14.8 Å². The Labute approximate surface area is 197 Å². The van der Waals surface area contributed by atoms with Crippen LogP contribution in [0.1, 0.15) is 41.6 Å². The van der Waals surface area contributed by atoms with Crippen LogP contribution in [-0.2, 0) is 11.2 Å². The lowest BCUT2D eigenvalue weighted by atomic mass is 9.84. The lowest BCUT2D eigenvalue weighted by Crippen LogP contribution is -2.49. The number of rotatable bonds is 6. The highest BCUT2D eigenvalue weighted by molar-refractivity contribution is 5.98. The van der Waals surface area contributed by atoms with Crippen molar-refractivity contribution >= 4 is 22.7 Å². The molecule has 2 fully saturated rings. The van der Waals surface area contributed by atoms with Gasteiger partial charge in [0.15, 0.2) is 0 Å². The average molecular weight is 466 g/mol. The van der Waals surface area contributed by atoms with E-state index in [-0.39, 0.29) is 29.7 Å². The number of fused-ring (bicyclic) bond motifs is 1. The molecule has 1 aromatic heterocycles. The molecule has 2 amide bonds. The number of amides is 2. The molecule has 1 atom stereocenters. The smallest absolute Gasteiger partial charge is 0.253 e. The maximum Gasteiger partial charge on any atom is 0.253 e. The summed E-state index contributed by atoms with van der Waals surface area (Å²) in [5.41, 5.74) is 2.08. The van der Waals surface area contributed by atoms with Crippen LogP contribution in [0.15, 0.2) is 48.7 Å². The van der Waals surface area contributed by atoms with Gasteiger partial charge in [-0.05, 0) is 73.9 Å². The molecule has 1 aliphatic carbocycles. The molecule has 1 saturated heterocycles. The zero-order valence-electron chi connectivity index (χ0n) is 19.3. The van der Waals surface area contributed by atoms with Crippen molar-refractivity contribution in [3.63, 3.8) is 0 Å². The van der Waals surface area contributed by atoms with Gasteiger partial charge in [-0.1, -0.05) is 6.07 Å². The van der Waals surface area contributed by atoms with E-state index in [0.29, 0.717) is 30.6 Å². The molecule has 1 aliphatic heterocycles. The molecule has 5 rings (SSSR count). The highest BCUT2D eigenvalue weighted by Gasteiger charge is 2.38. The molecule has 3 aromatic rings. The van der Waals surface area contributed by atoms with Crippen molar-refractivity contribution < 1.29 is 18.4 Å². The van der Waals surface area contributed by atoms with Crippen molar-refractivity contribution in [2.75, 3.05) is 20.1 Å². The number of likely N-dealkylation sites (N-methyl/N-ethyl adjacent to an activating group) is 1. The van der Waals surface area contributed by atoms with Gasteiger partial charge in [0.25, 0.3) is 5.91 Å². The molecule has 1 saturated carbocycles. The standard InChI is InChI=1S/C27H29F2N3O2/c1-31(26(33)18-2-3-18)25(15-19-4-6-22(28)16-23(19)29)17-9-12-32(13-10-17)27(34)21-5-7-24-20(14-21)8-11-30-24/h4-8,11,14,16-18,25,30H,2-3,9-10,12-13,15H2,1H3. The third kappa shape index (κ3) is 4.56. The van der Waals surface area contributed by atoms with Gasteiger partial charge in [0.05, 0.1) is 0 Å². The van der Waals surface area contributed by atoms with E-state index < -0.39 is 11.6 Å². The number of hydrogen-bond acceptors (Lipinski definition) is 2. The van der Waals surface area contributed by atoms with Crippen molar-refractivity contribution in [1.29, 1.82) is 0 Å². The fraction of sp³-hybridized carbons (Fsp3) is 0.407. The zero-order valence-corrected chi connectivity index (χ0v) is 19.3. The van der Waals surface area contributed by atoms with Gasteiger partial charge in [-0.25, -0.2) is 8.78 Å². The number of halogens is 2. The monoisotopic (exact) mass is 465 g/mol. The maximum atomic E-state index is 14.5. The van der Waals surface area contributed by atoms with Gasteiger partial charge >= 0.3 is 0 Å². The van der Waals surface area contributed by atoms with Gasteiger partial charge in [-0.15, -0.1) is 0 Å². The minimum atomic E-state index is -0.607. The van der Waals surface area contributed by atoms with Crippen molar-refractivity contribution in [3.8, 4) is 0 Å². The third-order valence-electron chi connectivity index (χ3n) is 7.39. The molecular formula is C27H29F2N3O2. The molecule has 2 aromatic carbocycles. The fourth-order valence-corrected chi connectivity index (χ4v) is 5.17. The lowest BCUT2D eigenvalue weighted by Gasteiger charge is -2.40. The zero-order chi connectivity index (χ0) is 23.8. The summed E-state index contributed by atoms with van der Waals surface area (Å²) >= 11 is 0. The van der Waals surface area contributed by atoms with Gasteiger partial charge in [0.2, 0.25) is 5.91 Å². The molecule has 7 heteroatoms. The summed E-state index contributed by atoms with van der Waals surface area (Å²) in [7, 11) is 1.80. The highest BCUT2D eigenvalue weighted by Crippen LogP contribution is 2.34. The maximum absolute atomic E-state index is 14.5. The van der Waals surface area contributed by atoms with Gasteiger partial charge in [-0.3, -0.25) is 9.59 Å². The first-order chi connectivity index (χ1) is 16.4. The topological polar surface area (TPSA) is 56.4 Å². The predicted octanol–water partition coefficient (Wildman–Crippen LogP) is 4.78. The van der Waals surface area contributed by atoms with E-state index in [1.807, 2.05) is 35.4 Å². The summed E-state index contributed by atoms with van der Waals surface area (Å²) < 4.78 is 27.9. The van der Waals surface area contributed by atoms with Crippen molar-refractivity contribution in [1.82, 2.24) is 14.8 Å². The van der Waals surface area contributed by atoms with Crippen LogP contribution in [0, 0.1) is 23.5 Å². The van der Waals surface area contributed by atoms with E-state index in [1.165, 1.54) is 12.1 Å². The quantitative estimate of drug-likeness (QED) is 0.570. The van der Waals surface area contributed by atoms with E-state index in [1.54, 1.807) is 11.9 Å². The summed E-state index contributed by atoms with van der Waals surface area (Å²) in [4.78, 5) is 32.8. The number of aromatic amines is 1. The second-order valence-corrected chi connectivity index (χ2v) is 9.64. The first-order valence-electron chi connectivity index (χ1n) is 12.0. The number of H-pyrrole nitrogens is 1. The van der Waals surface area contributed by atoms with Crippen LogP contribution in [0.4, 0.5) is 8.78 Å². The SMILES string of the molecule is CN(C(=O)C1CC1)C(Cc1ccc(F)cc1F)C1CCN(C(=O)c2ccc3[nH]ccc3c2)CC1. The number of piperidine rings is 1. The Morgan fingerprint density at radius 1 is 1.06 bits per heavy atom. The molecule has 5 nitrogen and oxygen atoms in total. The first-order valence-corrected chi connectivity index (χ1v) is 12.0. The number of carbonyl (C=O) groups excluding carboxylic acids is 2. The molecule has 34 heavy (non-hydrogen) atoms. The Morgan fingerprint density at radius 2 is 1.82 bits per heavy atom. The minimum Gasteiger partial charge on any atom is -0.361 e. The number of likely N-dealkylation sites (tertiary alicyclic amines) is 1. The number of carbonyl (C=O) groups is 2. The summed E-state index contributed by atoms with van der Waals surface area (Å²) in [5.74, 6) is -0.880. The van der Waals surface area contributed by atoms with Gasteiger partial charge in [0, 0.05) is 60.8 Å². The van der Waals surface area contributed by atoms with Crippen LogP contribution in [0.25, 0.3) is 10.9 Å². The molecule has 2 heterocycles. The Kier molecular flexibility index (Phi) is 6.11.